The minimum atomic E-state index is 0.623. The van der Waals surface area contributed by atoms with Crippen LogP contribution in [-0.2, 0) is 4.18 Å². The van der Waals surface area contributed by atoms with E-state index in [1.165, 1.54) is 85.9 Å². The maximum absolute atomic E-state index is 5.28. The van der Waals surface area contributed by atoms with Crippen molar-refractivity contribution in [1.82, 2.24) is 0 Å². The first kappa shape index (κ1) is 19.6. The van der Waals surface area contributed by atoms with E-state index in [-0.39, 0.29) is 0 Å². The molecule has 0 radical (unpaired) electrons. The van der Waals surface area contributed by atoms with Crippen LogP contribution in [0.3, 0.4) is 0 Å². The van der Waals surface area contributed by atoms with Crippen molar-refractivity contribution in [1.29, 1.82) is 0 Å². The Morgan fingerprint density at radius 2 is 1.64 bits per heavy atom. The Bertz CT molecular complexity index is 403. The van der Waals surface area contributed by atoms with Crippen molar-refractivity contribution < 1.29 is 4.18 Å². The van der Waals surface area contributed by atoms with Gasteiger partial charge < -0.3 is 4.18 Å². The fourth-order valence-electron chi connectivity index (χ4n) is 2.95. The summed E-state index contributed by atoms with van der Waals surface area (Å²) < 4.78 is 5.28. The SMILES string of the molecule is CCCCCCCCCCC(C)c1ccc(C)cc1SOC. The van der Waals surface area contributed by atoms with E-state index in [4.69, 9.17) is 4.18 Å². The second kappa shape index (κ2) is 12.0. The van der Waals surface area contributed by atoms with E-state index in [0.29, 0.717) is 5.92 Å². The molecule has 0 fully saturated rings. The van der Waals surface area contributed by atoms with E-state index in [9.17, 15) is 0 Å². The molecule has 1 aromatic rings. The quantitative estimate of drug-likeness (QED) is 0.295. The molecule has 0 saturated heterocycles. The fraction of sp³-hybridized carbons (Fsp3) is 0.700. The van der Waals surface area contributed by atoms with Gasteiger partial charge in [-0.3, -0.25) is 0 Å². The topological polar surface area (TPSA) is 9.23 Å². The second-order valence-corrected chi connectivity index (χ2v) is 7.40. The monoisotopic (exact) mass is 322 g/mol. The van der Waals surface area contributed by atoms with Gasteiger partial charge in [0.2, 0.25) is 0 Å². The molecule has 0 spiro atoms. The van der Waals surface area contributed by atoms with Gasteiger partial charge in [-0.1, -0.05) is 77.3 Å². The normalized spacial score (nSPS) is 12.5. The molecule has 0 aliphatic rings. The van der Waals surface area contributed by atoms with Gasteiger partial charge in [0.25, 0.3) is 0 Å². The average Bonchev–Trinajstić information content (AvgIpc) is 2.50. The molecule has 1 rings (SSSR count). The third kappa shape index (κ3) is 7.69. The van der Waals surface area contributed by atoms with Gasteiger partial charge in [-0.25, -0.2) is 0 Å². The number of benzene rings is 1. The number of hydrogen-bond acceptors (Lipinski definition) is 2. The van der Waals surface area contributed by atoms with Crippen LogP contribution in [0.25, 0.3) is 0 Å². The van der Waals surface area contributed by atoms with Gasteiger partial charge >= 0.3 is 0 Å². The molecule has 0 saturated carbocycles. The first-order valence-electron chi connectivity index (χ1n) is 9.00. The summed E-state index contributed by atoms with van der Waals surface area (Å²) in [6.07, 6.45) is 12.4. The molecule has 1 unspecified atom stereocenters. The zero-order valence-electron chi connectivity index (χ0n) is 15.0. The van der Waals surface area contributed by atoms with Crippen molar-refractivity contribution in [2.24, 2.45) is 0 Å². The van der Waals surface area contributed by atoms with Crippen LogP contribution in [0.4, 0.5) is 0 Å². The summed E-state index contributed by atoms with van der Waals surface area (Å²) in [5, 5.41) is 0. The lowest BCUT2D eigenvalue weighted by Crippen LogP contribution is -1.97. The Labute approximate surface area is 142 Å². The van der Waals surface area contributed by atoms with Crippen molar-refractivity contribution in [3.63, 3.8) is 0 Å². The summed E-state index contributed by atoms with van der Waals surface area (Å²) in [4.78, 5) is 1.29. The van der Waals surface area contributed by atoms with Crippen molar-refractivity contribution in [3.05, 3.63) is 29.3 Å². The molecule has 1 aromatic carbocycles. The van der Waals surface area contributed by atoms with Gasteiger partial charge in [0.15, 0.2) is 0 Å². The Hall–Kier alpha value is -0.470. The molecule has 126 valence electrons. The van der Waals surface area contributed by atoms with Crippen molar-refractivity contribution in [2.45, 2.75) is 89.4 Å². The zero-order chi connectivity index (χ0) is 16.2. The van der Waals surface area contributed by atoms with Crippen molar-refractivity contribution in [2.75, 3.05) is 7.11 Å². The van der Waals surface area contributed by atoms with E-state index in [1.807, 2.05) is 0 Å². The van der Waals surface area contributed by atoms with Crippen LogP contribution >= 0.6 is 12.0 Å². The van der Waals surface area contributed by atoms with Crippen LogP contribution in [0.5, 0.6) is 0 Å². The van der Waals surface area contributed by atoms with Crippen LogP contribution in [0.1, 0.15) is 88.7 Å². The summed E-state index contributed by atoms with van der Waals surface area (Å²) in [7, 11) is 1.75. The van der Waals surface area contributed by atoms with E-state index >= 15 is 0 Å². The largest absolute Gasteiger partial charge is 0.314 e. The predicted molar refractivity (Wildman–Crippen MR) is 99.7 cm³/mol. The van der Waals surface area contributed by atoms with E-state index in [2.05, 4.69) is 39.0 Å². The van der Waals surface area contributed by atoms with Crippen LogP contribution < -0.4 is 0 Å². The molecule has 22 heavy (non-hydrogen) atoms. The van der Waals surface area contributed by atoms with E-state index in [0.717, 1.165) is 0 Å². The lowest BCUT2D eigenvalue weighted by Gasteiger charge is -2.16. The fourth-order valence-corrected chi connectivity index (χ4v) is 3.73. The second-order valence-electron chi connectivity index (χ2n) is 6.46. The molecule has 0 heterocycles. The smallest absolute Gasteiger partial charge is 0.0508 e. The minimum Gasteiger partial charge on any atom is -0.314 e. The Balaban J connectivity index is 2.29. The third-order valence-electron chi connectivity index (χ3n) is 4.36. The summed E-state index contributed by atoms with van der Waals surface area (Å²) >= 11 is 1.50. The van der Waals surface area contributed by atoms with Gasteiger partial charge in [0.05, 0.1) is 7.11 Å². The van der Waals surface area contributed by atoms with Gasteiger partial charge in [-0.15, -0.1) is 0 Å². The molecule has 0 N–H and O–H groups in total. The summed E-state index contributed by atoms with van der Waals surface area (Å²) in [5.41, 5.74) is 2.75. The Morgan fingerprint density at radius 3 is 2.27 bits per heavy atom. The van der Waals surface area contributed by atoms with E-state index in [1.54, 1.807) is 7.11 Å². The van der Waals surface area contributed by atoms with Crippen LogP contribution in [0.2, 0.25) is 0 Å². The highest BCUT2D eigenvalue weighted by atomic mass is 32.2. The third-order valence-corrected chi connectivity index (χ3v) is 5.06. The lowest BCUT2D eigenvalue weighted by molar-refractivity contribution is 0.488. The first-order chi connectivity index (χ1) is 10.7. The highest BCUT2D eigenvalue weighted by molar-refractivity contribution is 7.94. The zero-order valence-corrected chi connectivity index (χ0v) is 15.8. The van der Waals surface area contributed by atoms with Gasteiger partial charge in [-0.2, -0.15) is 0 Å². The molecular formula is C20H34OS. The predicted octanol–water partition coefficient (Wildman–Crippen LogP) is 7.28. The number of aryl methyl sites for hydroxylation is 1. The molecule has 0 amide bonds. The highest BCUT2D eigenvalue weighted by Gasteiger charge is 2.11. The summed E-state index contributed by atoms with van der Waals surface area (Å²) in [6, 6.07) is 6.75. The average molecular weight is 323 g/mol. The minimum absolute atomic E-state index is 0.623. The van der Waals surface area contributed by atoms with Crippen LogP contribution in [0.15, 0.2) is 23.1 Å². The van der Waals surface area contributed by atoms with Gasteiger partial charge in [-0.05, 0) is 36.5 Å². The molecule has 1 atom stereocenters. The molecule has 2 heteroatoms. The van der Waals surface area contributed by atoms with Crippen molar-refractivity contribution >= 4 is 12.0 Å². The number of rotatable bonds is 12. The van der Waals surface area contributed by atoms with Gasteiger partial charge in [0.1, 0.15) is 0 Å². The summed E-state index contributed by atoms with van der Waals surface area (Å²) in [6.45, 7) is 6.78. The molecular weight excluding hydrogens is 288 g/mol. The molecule has 0 aliphatic carbocycles. The standard InChI is InChI=1S/C20H34OS/c1-5-6-7-8-9-10-11-12-13-18(3)19-15-14-17(2)16-20(19)22-21-4/h14-16,18H,5-13H2,1-4H3. The maximum Gasteiger partial charge on any atom is 0.0508 e. The molecule has 0 bridgehead atoms. The van der Waals surface area contributed by atoms with E-state index < -0.39 is 0 Å². The molecule has 1 nitrogen and oxygen atoms in total. The van der Waals surface area contributed by atoms with Crippen LogP contribution in [0, 0.1) is 6.92 Å². The first-order valence-corrected chi connectivity index (χ1v) is 9.74. The maximum atomic E-state index is 5.28. The Kier molecular flexibility index (Phi) is 10.7. The lowest BCUT2D eigenvalue weighted by atomic mass is 9.94. The number of unbranched alkanes of at least 4 members (excludes halogenated alkanes) is 7. The highest BCUT2D eigenvalue weighted by Crippen LogP contribution is 2.32. The molecule has 0 aliphatic heterocycles. The molecule has 0 aromatic heterocycles. The number of hydrogen-bond donors (Lipinski definition) is 0. The van der Waals surface area contributed by atoms with Crippen LogP contribution in [-0.4, -0.2) is 7.11 Å². The summed E-state index contributed by atoms with van der Waals surface area (Å²) in [5.74, 6) is 0.623. The van der Waals surface area contributed by atoms with Crippen molar-refractivity contribution in [3.8, 4) is 0 Å². The Morgan fingerprint density at radius 1 is 1.00 bits per heavy atom. The van der Waals surface area contributed by atoms with Gasteiger partial charge in [0, 0.05) is 16.9 Å².